The van der Waals surface area contributed by atoms with E-state index in [1.54, 1.807) is 17.8 Å². The Kier molecular flexibility index (Phi) is 5.45. The first-order valence-electron chi connectivity index (χ1n) is 8.68. The van der Waals surface area contributed by atoms with Crippen LogP contribution in [0.4, 0.5) is 5.69 Å². The molecule has 7 heteroatoms. The molecule has 0 bridgehead atoms. The zero-order valence-corrected chi connectivity index (χ0v) is 18.0. The topological polar surface area (TPSA) is 42.7 Å². The summed E-state index contributed by atoms with van der Waals surface area (Å²) in [6, 6.07) is 9.84. The Balaban J connectivity index is 1.95. The summed E-state index contributed by atoms with van der Waals surface area (Å²) in [5, 5.41) is 4.81. The summed E-state index contributed by atoms with van der Waals surface area (Å²) in [5.41, 5.74) is 6.93. The number of imidazole rings is 1. The van der Waals surface area contributed by atoms with Gasteiger partial charge in [0.05, 0.1) is 19.0 Å². The van der Waals surface area contributed by atoms with E-state index in [0.717, 1.165) is 28.3 Å². The fourth-order valence-electron chi connectivity index (χ4n) is 2.63. The zero-order chi connectivity index (χ0) is 19.6. The Hall–Kier alpha value is -2.49. The van der Waals surface area contributed by atoms with Crippen molar-refractivity contribution in [2.45, 2.75) is 26.2 Å². The molecule has 0 fully saturated rings. The second kappa shape index (κ2) is 7.63. The lowest BCUT2D eigenvalue weighted by Gasteiger charge is -2.20. The van der Waals surface area contributed by atoms with Crippen LogP contribution < -0.4 is 9.64 Å². The van der Waals surface area contributed by atoms with Crippen molar-refractivity contribution in [3.05, 3.63) is 52.9 Å². The van der Waals surface area contributed by atoms with Gasteiger partial charge in [0.15, 0.2) is 10.8 Å². The maximum Gasteiger partial charge on any atom is 0.178 e. The lowest BCUT2D eigenvalue weighted by atomic mass is 10.2. The molecule has 0 spiro atoms. The van der Waals surface area contributed by atoms with Gasteiger partial charge in [-0.25, -0.2) is 9.50 Å². The van der Waals surface area contributed by atoms with Crippen molar-refractivity contribution in [1.29, 1.82) is 0 Å². The molecule has 2 aromatic heterocycles. The second-order valence-electron chi connectivity index (χ2n) is 7.44. The number of hydrogen-bond acceptors (Lipinski definition) is 4. The summed E-state index contributed by atoms with van der Waals surface area (Å²) in [7, 11) is 2.18. The van der Waals surface area contributed by atoms with E-state index in [9.17, 15) is 0 Å². The van der Waals surface area contributed by atoms with Crippen LogP contribution in [0, 0.1) is 11.5 Å². The average Bonchev–Trinajstić information content (AvgIpc) is 3.02. The second-order valence-corrected chi connectivity index (χ2v) is 12.6. The van der Waals surface area contributed by atoms with Crippen LogP contribution in [0.15, 0.2) is 36.5 Å². The van der Waals surface area contributed by atoms with Gasteiger partial charge in [0.25, 0.3) is 0 Å². The van der Waals surface area contributed by atoms with Crippen LogP contribution in [0.3, 0.4) is 0 Å². The third-order valence-electron chi connectivity index (χ3n) is 3.97. The minimum absolute atomic E-state index is 0.410. The van der Waals surface area contributed by atoms with Crippen LogP contribution >= 0.6 is 11.6 Å². The van der Waals surface area contributed by atoms with Crippen molar-refractivity contribution in [2.24, 2.45) is 0 Å². The van der Waals surface area contributed by atoms with Crippen LogP contribution in [-0.2, 0) is 6.54 Å². The summed E-state index contributed by atoms with van der Waals surface area (Å²) in [5.74, 6) is 4.06. The Labute approximate surface area is 165 Å². The van der Waals surface area contributed by atoms with Crippen LogP contribution in [0.2, 0.25) is 24.8 Å². The number of anilines is 1. The van der Waals surface area contributed by atoms with Crippen molar-refractivity contribution < 1.29 is 4.74 Å². The number of nitrogens with zero attached hydrogens (tertiary/aromatic N) is 4. The number of rotatable bonds is 4. The van der Waals surface area contributed by atoms with Gasteiger partial charge in [0.2, 0.25) is 0 Å². The predicted octanol–water partition coefficient (Wildman–Crippen LogP) is 4.26. The smallest absolute Gasteiger partial charge is 0.178 e. The van der Waals surface area contributed by atoms with Gasteiger partial charge in [-0.2, -0.15) is 5.10 Å². The monoisotopic (exact) mass is 398 g/mol. The minimum atomic E-state index is -1.49. The zero-order valence-electron chi connectivity index (χ0n) is 16.2. The number of hydrogen-bond donors (Lipinski definition) is 0. The maximum atomic E-state index is 6.29. The molecule has 0 radical (unpaired) electrons. The molecule has 140 valence electrons. The number of fused-ring (bicyclic) bond motifs is 1. The van der Waals surface area contributed by atoms with Gasteiger partial charge in [0.1, 0.15) is 19.5 Å². The molecule has 2 heterocycles. The Morgan fingerprint density at radius 3 is 2.56 bits per heavy atom. The van der Waals surface area contributed by atoms with Crippen molar-refractivity contribution in [3.8, 4) is 17.2 Å². The highest BCUT2D eigenvalue weighted by molar-refractivity contribution is 6.83. The number of ether oxygens (including phenoxy) is 1. The molecule has 0 saturated heterocycles. The van der Waals surface area contributed by atoms with E-state index in [1.165, 1.54) is 0 Å². The lowest BCUT2D eigenvalue weighted by Crippen LogP contribution is -2.18. The van der Waals surface area contributed by atoms with Crippen LogP contribution in [0.5, 0.6) is 5.75 Å². The quantitative estimate of drug-likeness (QED) is 0.486. The van der Waals surface area contributed by atoms with Crippen LogP contribution in [0.25, 0.3) is 5.65 Å². The van der Waals surface area contributed by atoms with Crippen LogP contribution in [-0.4, -0.2) is 36.8 Å². The lowest BCUT2D eigenvalue weighted by molar-refractivity contribution is 0.414. The molecule has 0 N–H and O–H groups in total. The molecule has 0 aliphatic heterocycles. The SMILES string of the molecule is COc1ccc(CN(C)c2cc(Cl)nn3c(C#C[Si](C)(C)C)cnc23)cc1. The van der Waals surface area contributed by atoms with E-state index in [0.29, 0.717) is 11.7 Å². The number of benzene rings is 1. The van der Waals surface area contributed by atoms with E-state index < -0.39 is 8.07 Å². The standard InChI is InChI=1S/C20H23ClN4OSi/c1-24(14-15-6-8-17(26-2)9-7-15)18-12-19(21)23-25-16(13-22-20(18)25)10-11-27(3,4)5/h6-9,12-13H,14H2,1-5H3. The van der Waals surface area contributed by atoms with Gasteiger partial charge in [-0.1, -0.05) is 49.3 Å². The number of halogens is 1. The van der Waals surface area contributed by atoms with Crippen molar-refractivity contribution in [3.63, 3.8) is 0 Å². The Bertz CT molecular complexity index is 1010. The highest BCUT2D eigenvalue weighted by atomic mass is 35.5. The van der Waals surface area contributed by atoms with Gasteiger partial charge >= 0.3 is 0 Å². The molecule has 5 nitrogen and oxygen atoms in total. The molecule has 0 aliphatic rings. The fraction of sp³-hybridized carbons (Fsp3) is 0.300. The molecule has 0 atom stereocenters. The first-order valence-corrected chi connectivity index (χ1v) is 12.6. The normalized spacial score (nSPS) is 11.2. The molecule has 3 rings (SSSR count). The van der Waals surface area contributed by atoms with Gasteiger partial charge in [0, 0.05) is 19.7 Å². The molecular formula is C20H23ClN4OSi. The third kappa shape index (κ3) is 4.62. The molecule has 27 heavy (non-hydrogen) atoms. The van der Waals surface area contributed by atoms with Gasteiger partial charge in [-0.15, -0.1) is 5.54 Å². The van der Waals surface area contributed by atoms with Crippen LogP contribution in [0.1, 0.15) is 11.3 Å². The maximum absolute atomic E-state index is 6.29. The summed E-state index contributed by atoms with van der Waals surface area (Å²) in [6.07, 6.45) is 1.76. The summed E-state index contributed by atoms with van der Waals surface area (Å²) < 4.78 is 6.95. The largest absolute Gasteiger partial charge is 0.497 e. The van der Waals surface area contributed by atoms with E-state index in [4.69, 9.17) is 16.3 Å². The minimum Gasteiger partial charge on any atom is -0.497 e. The molecule has 0 aliphatic carbocycles. The molecule has 1 aromatic carbocycles. The molecule has 3 aromatic rings. The van der Waals surface area contributed by atoms with Gasteiger partial charge in [-0.05, 0) is 17.7 Å². The molecule has 0 amide bonds. The molecule has 0 saturated carbocycles. The van der Waals surface area contributed by atoms with E-state index in [1.807, 2.05) is 37.4 Å². The van der Waals surface area contributed by atoms with Crippen molar-refractivity contribution in [1.82, 2.24) is 14.6 Å². The summed E-state index contributed by atoms with van der Waals surface area (Å²) in [4.78, 5) is 6.65. The summed E-state index contributed by atoms with van der Waals surface area (Å²) >= 11 is 6.29. The van der Waals surface area contributed by atoms with Gasteiger partial charge < -0.3 is 9.64 Å². The van der Waals surface area contributed by atoms with E-state index in [-0.39, 0.29) is 0 Å². The first-order chi connectivity index (χ1) is 12.8. The number of methoxy groups -OCH3 is 1. The molecule has 0 unspecified atom stereocenters. The number of aromatic nitrogens is 3. The fourth-order valence-corrected chi connectivity index (χ4v) is 3.31. The van der Waals surface area contributed by atoms with Crippen molar-refractivity contribution >= 4 is 31.0 Å². The predicted molar refractivity (Wildman–Crippen MR) is 113 cm³/mol. The molecular weight excluding hydrogens is 376 g/mol. The van der Waals surface area contributed by atoms with E-state index >= 15 is 0 Å². The Morgan fingerprint density at radius 2 is 1.93 bits per heavy atom. The highest BCUT2D eigenvalue weighted by Crippen LogP contribution is 2.25. The highest BCUT2D eigenvalue weighted by Gasteiger charge is 2.14. The van der Waals surface area contributed by atoms with Crippen molar-refractivity contribution in [2.75, 3.05) is 19.1 Å². The summed E-state index contributed by atoms with van der Waals surface area (Å²) in [6.45, 7) is 7.33. The third-order valence-corrected chi connectivity index (χ3v) is 5.03. The van der Waals surface area contributed by atoms with E-state index in [2.05, 4.69) is 46.1 Å². The average molecular weight is 399 g/mol. The Morgan fingerprint density at radius 1 is 1.22 bits per heavy atom. The van der Waals surface area contributed by atoms with Gasteiger partial charge in [-0.3, -0.25) is 0 Å². The first kappa shape index (κ1) is 19.3.